The lowest BCUT2D eigenvalue weighted by atomic mass is 9.84. The van der Waals surface area contributed by atoms with Crippen LogP contribution < -0.4 is 5.73 Å². The Bertz CT molecular complexity index is 661. The zero-order valence-electron chi connectivity index (χ0n) is 15.8. The van der Waals surface area contributed by atoms with E-state index in [1.54, 1.807) is 0 Å². The predicted octanol–water partition coefficient (Wildman–Crippen LogP) is 2.83. The van der Waals surface area contributed by atoms with Gasteiger partial charge in [-0.3, -0.25) is 9.59 Å². The fourth-order valence-corrected chi connectivity index (χ4v) is 5.03. The van der Waals surface area contributed by atoms with Gasteiger partial charge in [-0.25, -0.2) is 0 Å². The van der Waals surface area contributed by atoms with Gasteiger partial charge in [0.25, 0.3) is 5.91 Å². The van der Waals surface area contributed by atoms with Crippen molar-refractivity contribution in [3.63, 3.8) is 0 Å². The van der Waals surface area contributed by atoms with E-state index in [2.05, 4.69) is 0 Å². The van der Waals surface area contributed by atoms with E-state index in [1.165, 1.54) is 6.42 Å². The molecule has 2 aliphatic heterocycles. The summed E-state index contributed by atoms with van der Waals surface area (Å²) in [6.45, 7) is 1.44. The van der Waals surface area contributed by atoms with E-state index in [1.807, 2.05) is 40.1 Å². The number of hydrogen-bond acceptors (Lipinski definition) is 3. The van der Waals surface area contributed by atoms with Crippen molar-refractivity contribution in [2.45, 2.75) is 63.1 Å². The van der Waals surface area contributed by atoms with Crippen LogP contribution in [0.2, 0.25) is 0 Å². The number of benzene rings is 1. The third kappa shape index (κ3) is 3.99. The number of nitrogens with zero attached hydrogens (tertiary/aromatic N) is 2. The number of rotatable bonds is 2. The van der Waals surface area contributed by atoms with Crippen molar-refractivity contribution in [3.05, 3.63) is 35.9 Å². The quantitative estimate of drug-likeness (QED) is 0.842. The molecule has 2 saturated heterocycles. The van der Waals surface area contributed by atoms with Crippen molar-refractivity contribution in [3.8, 4) is 0 Å². The molecule has 1 aromatic rings. The number of hydrogen-bond donors (Lipinski definition) is 1. The van der Waals surface area contributed by atoms with Crippen molar-refractivity contribution in [2.75, 3.05) is 13.1 Å². The molecule has 3 aliphatic rings. The number of amides is 2. The maximum atomic E-state index is 13.3. The van der Waals surface area contributed by atoms with Gasteiger partial charge < -0.3 is 15.5 Å². The maximum absolute atomic E-state index is 13.3. The zero-order valence-corrected chi connectivity index (χ0v) is 16.6. The summed E-state index contributed by atoms with van der Waals surface area (Å²) in [4.78, 5) is 30.5. The van der Waals surface area contributed by atoms with Gasteiger partial charge in [0.05, 0.1) is 0 Å². The number of fused-ring (bicyclic) bond motifs is 1. The molecule has 0 aromatic heterocycles. The number of nitrogens with two attached hydrogens (primary N) is 1. The maximum Gasteiger partial charge on any atom is 0.254 e. The Morgan fingerprint density at radius 1 is 0.963 bits per heavy atom. The van der Waals surface area contributed by atoms with Crippen LogP contribution in [0.1, 0.15) is 55.3 Å². The van der Waals surface area contributed by atoms with E-state index in [4.69, 9.17) is 5.73 Å². The summed E-state index contributed by atoms with van der Waals surface area (Å²) in [5.74, 6) is 0.625. The van der Waals surface area contributed by atoms with Crippen molar-refractivity contribution < 1.29 is 9.59 Å². The Balaban J connectivity index is 0.00000210. The Hall–Kier alpha value is -1.59. The van der Waals surface area contributed by atoms with Gasteiger partial charge in [0.15, 0.2) is 0 Å². The summed E-state index contributed by atoms with van der Waals surface area (Å²) in [7, 11) is 0. The highest BCUT2D eigenvalue weighted by atomic mass is 35.5. The molecule has 1 saturated carbocycles. The average Bonchev–Trinajstić information content (AvgIpc) is 3.07. The van der Waals surface area contributed by atoms with Crippen LogP contribution in [0.25, 0.3) is 0 Å². The fraction of sp³-hybridized carbons (Fsp3) is 0.619. The van der Waals surface area contributed by atoms with Gasteiger partial charge in [-0.15, -0.1) is 12.4 Å². The monoisotopic (exact) mass is 391 g/mol. The lowest BCUT2D eigenvalue weighted by molar-refractivity contribution is -0.136. The van der Waals surface area contributed by atoms with Crippen molar-refractivity contribution >= 4 is 24.2 Å². The molecule has 5 nitrogen and oxygen atoms in total. The van der Waals surface area contributed by atoms with Gasteiger partial charge in [-0.2, -0.15) is 0 Å². The van der Waals surface area contributed by atoms with Gasteiger partial charge in [0.1, 0.15) is 6.04 Å². The summed E-state index contributed by atoms with van der Waals surface area (Å²) in [6, 6.07) is 9.55. The molecular weight excluding hydrogens is 362 g/mol. The first-order valence-corrected chi connectivity index (χ1v) is 10.1. The van der Waals surface area contributed by atoms with Crippen LogP contribution in [0.15, 0.2) is 30.3 Å². The van der Waals surface area contributed by atoms with E-state index in [9.17, 15) is 9.59 Å². The molecule has 3 unspecified atom stereocenters. The second kappa shape index (κ2) is 8.61. The molecule has 2 amide bonds. The highest BCUT2D eigenvalue weighted by molar-refractivity contribution is 5.98. The van der Waals surface area contributed by atoms with Crippen LogP contribution >= 0.6 is 12.4 Å². The van der Waals surface area contributed by atoms with Crippen LogP contribution in [-0.2, 0) is 4.79 Å². The van der Waals surface area contributed by atoms with Crippen molar-refractivity contribution in [1.29, 1.82) is 0 Å². The summed E-state index contributed by atoms with van der Waals surface area (Å²) < 4.78 is 0. The number of likely N-dealkylation sites (tertiary alicyclic amines) is 2. The van der Waals surface area contributed by atoms with Gasteiger partial charge in [0, 0.05) is 30.7 Å². The molecule has 2 N–H and O–H groups in total. The lowest BCUT2D eigenvalue weighted by Crippen LogP contribution is -2.53. The Kier molecular flexibility index (Phi) is 6.43. The average molecular weight is 392 g/mol. The molecule has 2 heterocycles. The Morgan fingerprint density at radius 3 is 2.33 bits per heavy atom. The first-order valence-electron chi connectivity index (χ1n) is 10.1. The molecule has 1 aromatic carbocycles. The molecule has 0 bridgehead atoms. The van der Waals surface area contributed by atoms with Gasteiger partial charge >= 0.3 is 0 Å². The summed E-state index contributed by atoms with van der Waals surface area (Å²) in [6.07, 6.45) is 7.07. The van der Waals surface area contributed by atoms with E-state index >= 15 is 0 Å². The molecule has 148 valence electrons. The summed E-state index contributed by atoms with van der Waals surface area (Å²) >= 11 is 0. The third-order valence-electron chi connectivity index (χ3n) is 6.48. The van der Waals surface area contributed by atoms with Crippen LogP contribution in [0.4, 0.5) is 0 Å². The fourth-order valence-electron chi connectivity index (χ4n) is 5.03. The van der Waals surface area contributed by atoms with Crippen LogP contribution in [0, 0.1) is 5.92 Å². The SMILES string of the molecule is Cl.NC1CCN(C(=O)C2CC3CCCCC3N2C(=O)c2ccccc2)CC1. The topological polar surface area (TPSA) is 66.6 Å². The van der Waals surface area contributed by atoms with Crippen LogP contribution in [-0.4, -0.2) is 52.8 Å². The van der Waals surface area contributed by atoms with Crippen molar-refractivity contribution in [1.82, 2.24) is 9.80 Å². The Labute approximate surface area is 167 Å². The van der Waals surface area contributed by atoms with Crippen LogP contribution in [0.5, 0.6) is 0 Å². The molecule has 0 radical (unpaired) electrons. The molecule has 27 heavy (non-hydrogen) atoms. The molecule has 4 rings (SSSR count). The second-order valence-corrected chi connectivity index (χ2v) is 8.10. The van der Waals surface area contributed by atoms with E-state index in [0.717, 1.165) is 51.6 Å². The minimum atomic E-state index is -0.301. The largest absolute Gasteiger partial charge is 0.341 e. The minimum absolute atomic E-state index is 0. The minimum Gasteiger partial charge on any atom is -0.341 e. The van der Waals surface area contributed by atoms with Gasteiger partial charge in [0.2, 0.25) is 5.91 Å². The number of piperidine rings is 1. The molecular formula is C21H30ClN3O2. The predicted molar refractivity (Wildman–Crippen MR) is 108 cm³/mol. The smallest absolute Gasteiger partial charge is 0.254 e. The normalized spacial score (nSPS) is 28.4. The Morgan fingerprint density at radius 2 is 1.63 bits per heavy atom. The first-order chi connectivity index (χ1) is 12.6. The molecule has 1 aliphatic carbocycles. The van der Waals surface area contributed by atoms with Gasteiger partial charge in [-0.1, -0.05) is 31.0 Å². The molecule has 0 spiro atoms. The van der Waals surface area contributed by atoms with E-state index in [-0.39, 0.29) is 42.3 Å². The molecule has 3 atom stereocenters. The van der Waals surface area contributed by atoms with Crippen LogP contribution in [0.3, 0.4) is 0 Å². The number of carbonyl (C=O) groups is 2. The molecule has 6 heteroatoms. The highest BCUT2D eigenvalue weighted by Gasteiger charge is 2.48. The lowest BCUT2D eigenvalue weighted by Gasteiger charge is -2.37. The molecule has 3 fully saturated rings. The third-order valence-corrected chi connectivity index (χ3v) is 6.48. The first kappa shape index (κ1) is 20.2. The number of halogens is 1. The summed E-state index contributed by atoms with van der Waals surface area (Å²) in [5.41, 5.74) is 6.69. The standard InChI is InChI=1S/C21H29N3O2.ClH/c22-17-10-12-23(13-11-17)21(26)19-14-16-8-4-5-9-18(16)24(19)20(25)15-6-2-1-3-7-15;/h1-3,6-7,16-19H,4-5,8-14,22H2;1H. The van der Waals surface area contributed by atoms with E-state index < -0.39 is 0 Å². The van der Waals surface area contributed by atoms with E-state index in [0.29, 0.717) is 11.5 Å². The zero-order chi connectivity index (χ0) is 18.1. The summed E-state index contributed by atoms with van der Waals surface area (Å²) in [5, 5.41) is 0. The second-order valence-electron chi connectivity index (χ2n) is 8.10. The number of carbonyl (C=O) groups excluding carboxylic acids is 2. The van der Waals surface area contributed by atoms with Crippen molar-refractivity contribution in [2.24, 2.45) is 11.7 Å². The van der Waals surface area contributed by atoms with Gasteiger partial charge in [-0.05, 0) is 50.2 Å². The highest BCUT2D eigenvalue weighted by Crippen LogP contribution is 2.41.